The van der Waals surface area contributed by atoms with Crippen molar-refractivity contribution >= 4 is 5.97 Å². The minimum absolute atomic E-state index is 0.135. The highest BCUT2D eigenvalue weighted by Crippen LogP contribution is 2.38. The number of pyridine rings is 1. The average Bonchev–Trinajstić information content (AvgIpc) is 3.05. The molecule has 2 N–H and O–H groups in total. The van der Waals surface area contributed by atoms with Gasteiger partial charge in [0, 0.05) is 12.6 Å². The maximum Gasteiger partial charge on any atom is 0.321 e. The number of phenols is 1. The van der Waals surface area contributed by atoms with Gasteiger partial charge < -0.3 is 10.2 Å². The second-order valence-electron chi connectivity index (χ2n) is 6.32. The summed E-state index contributed by atoms with van der Waals surface area (Å²) < 4.78 is 1.82. The van der Waals surface area contributed by atoms with Crippen molar-refractivity contribution in [3.05, 3.63) is 72.1 Å². The van der Waals surface area contributed by atoms with E-state index in [1.165, 1.54) is 0 Å². The number of imidazole rings is 1. The van der Waals surface area contributed by atoms with Crippen molar-refractivity contribution in [2.24, 2.45) is 0 Å². The first-order chi connectivity index (χ1) is 12.6. The minimum Gasteiger partial charge on any atom is -0.506 e. The SMILES string of the molecule is CN1[C@H](c2ccccn2)c2c(ncn2-c2ccccc2O)C[C@H]1C(=O)O. The van der Waals surface area contributed by atoms with Gasteiger partial charge in [-0.15, -0.1) is 0 Å². The summed E-state index contributed by atoms with van der Waals surface area (Å²) in [6.45, 7) is 0. The van der Waals surface area contributed by atoms with Crippen LogP contribution in [0.15, 0.2) is 55.0 Å². The van der Waals surface area contributed by atoms with Gasteiger partial charge in [-0.2, -0.15) is 0 Å². The monoisotopic (exact) mass is 350 g/mol. The third-order valence-corrected chi connectivity index (χ3v) is 4.82. The number of aliphatic carboxylic acids is 1. The molecule has 132 valence electrons. The first kappa shape index (κ1) is 16.3. The van der Waals surface area contributed by atoms with Gasteiger partial charge in [-0.05, 0) is 31.3 Å². The third-order valence-electron chi connectivity index (χ3n) is 4.82. The number of rotatable bonds is 3. The highest BCUT2D eigenvalue weighted by Gasteiger charge is 2.40. The van der Waals surface area contributed by atoms with E-state index >= 15 is 0 Å². The summed E-state index contributed by atoms with van der Waals surface area (Å²) in [5, 5.41) is 19.9. The molecule has 3 heterocycles. The van der Waals surface area contributed by atoms with E-state index in [2.05, 4.69) is 9.97 Å². The Bertz CT molecular complexity index is 954. The molecule has 3 aromatic rings. The van der Waals surface area contributed by atoms with Crippen LogP contribution in [0.2, 0.25) is 0 Å². The number of carbonyl (C=O) groups is 1. The van der Waals surface area contributed by atoms with E-state index in [4.69, 9.17) is 0 Å². The van der Waals surface area contributed by atoms with Crippen LogP contribution < -0.4 is 0 Å². The number of hydrogen-bond donors (Lipinski definition) is 2. The summed E-state index contributed by atoms with van der Waals surface area (Å²) in [5.41, 5.74) is 2.86. The molecule has 2 atom stereocenters. The van der Waals surface area contributed by atoms with E-state index in [1.807, 2.05) is 28.8 Å². The van der Waals surface area contributed by atoms with E-state index in [-0.39, 0.29) is 11.8 Å². The molecule has 0 saturated heterocycles. The predicted octanol–water partition coefficient (Wildman–Crippen LogP) is 2.00. The molecule has 7 heteroatoms. The van der Waals surface area contributed by atoms with Crippen LogP contribution in [0.4, 0.5) is 0 Å². The molecule has 0 bridgehead atoms. The van der Waals surface area contributed by atoms with Gasteiger partial charge in [0.1, 0.15) is 11.8 Å². The van der Waals surface area contributed by atoms with Gasteiger partial charge in [0.05, 0.1) is 35.1 Å². The highest BCUT2D eigenvalue weighted by atomic mass is 16.4. The molecule has 7 nitrogen and oxygen atoms in total. The van der Waals surface area contributed by atoms with Gasteiger partial charge >= 0.3 is 5.97 Å². The summed E-state index contributed by atoms with van der Waals surface area (Å²) in [6.07, 6.45) is 3.62. The number of aromatic hydroxyl groups is 1. The van der Waals surface area contributed by atoms with Crippen LogP contribution >= 0.6 is 0 Å². The van der Waals surface area contributed by atoms with Crippen LogP contribution in [0.3, 0.4) is 0 Å². The molecule has 1 aromatic carbocycles. The second-order valence-corrected chi connectivity index (χ2v) is 6.32. The van der Waals surface area contributed by atoms with Crippen molar-refractivity contribution in [2.75, 3.05) is 7.05 Å². The molecule has 1 aliphatic heterocycles. The molecule has 0 saturated carbocycles. The summed E-state index contributed by atoms with van der Waals surface area (Å²) in [4.78, 5) is 22.4. The predicted molar refractivity (Wildman–Crippen MR) is 94.2 cm³/mol. The quantitative estimate of drug-likeness (QED) is 0.751. The fourth-order valence-corrected chi connectivity index (χ4v) is 3.55. The number of benzene rings is 1. The van der Waals surface area contributed by atoms with Crippen LogP contribution in [-0.4, -0.2) is 48.7 Å². The Balaban J connectivity index is 1.93. The van der Waals surface area contributed by atoms with Crippen LogP contribution in [0, 0.1) is 0 Å². The van der Waals surface area contributed by atoms with Crippen molar-refractivity contribution < 1.29 is 15.0 Å². The van der Waals surface area contributed by atoms with Crippen molar-refractivity contribution in [1.29, 1.82) is 0 Å². The van der Waals surface area contributed by atoms with Gasteiger partial charge in [-0.25, -0.2) is 4.98 Å². The topological polar surface area (TPSA) is 91.5 Å². The number of nitrogens with zero attached hydrogens (tertiary/aromatic N) is 4. The normalized spacial score (nSPS) is 19.9. The molecule has 0 aliphatic carbocycles. The van der Waals surface area contributed by atoms with Crippen LogP contribution in [0.1, 0.15) is 23.1 Å². The molecule has 0 spiro atoms. The van der Waals surface area contributed by atoms with Crippen molar-refractivity contribution in [2.45, 2.75) is 18.5 Å². The standard InChI is InChI=1S/C19H18N4O3/c1-22-15(19(25)26)10-13-18(17(22)12-6-4-5-9-20-12)23(11-21-13)14-7-2-3-8-16(14)24/h2-9,11,15,17,24H,10H2,1H3,(H,25,26)/t15-,17+/m0/s1. The number of carboxylic acids is 1. The zero-order valence-corrected chi connectivity index (χ0v) is 14.1. The molecule has 4 rings (SSSR count). The molecule has 0 radical (unpaired) electrons. The first-order valence-electron chi connectivity index (χ1n) is 8.28. The van der Waals surface area contributed by atoms with Gasteiger partial charge in [0.25, 0.3) is 0 Å². The van der Waals surface area contributed by atoms with Gasteiger partial charge in [0.15, 0.2) is 0 Å². The fourth-order valence-electron chi connectivity index (χ4n) is 3.55. The Hall–Kier alpha value is -3.19. The smallest absolute Gasteiger partial charge is 0.321 e. The van der Waals surface area contributed by atoms with Crippen LogP contribution in [0.25, 0.3) is 5.69 Å². The van der Waals surface area contributed by atoms with E-state index < -0.39 is 12.0 Å². The Morgan fingerprint density at radius 3 is 2.62 bits per heavy atom. The van der Waals surface area contributed by atoms with E-state index in [0.29, 0.717) is 17.8 Å². The van der Waals surface area contributed by atoms with E-state index in [1.54, 1.807) is 42.7 Å². The number of likely N-dealkylation sites (N-methyl/N-ethyl adjacent to an activating group) is 1. The Morgan fingerprint density at radius 2 is 1.92 bits per heavy atom. The molecular weight excluding hydrogens is 332 g/mol. The summed E-state index contributed by atoms with van der Waals surface area (Å²) in [7, 11) is 1.78. The van der Waals surface area contributed by atoms with Gasteiger partial charge in [0.2, 0.25) is 0 Å². The maximum absolute atomic E-state index is 11.7. The van der Waals surface area contributed by atoms with Gasteiger partial charge in [-0.3, -0.25) is 19.2 Å². The zero-order chi connectivity index (χ0) is 18.3. The number of carboxylic acid groups (broad SMARTS) is 1. The first-order valence-corrected chi connectivity index (χ1v) is 8.28. The second kappa shape index (κ2) is 6.27. The van der Waals surface area contributed by atoms with E-state index in [9.17, 15) is 15.0 Å². The van der Waals surface area contributed by atoms with Crippen LogP contribution in [0.5, 0.6) is 5.75 Å². The number of aromatic nitrogens is 3. The number of para-hydroxylation sites is 2. The molecule has 26 heavy (non-hydrogen) atoms. The molecule has 2 aromatic heterocycles. The lowest BCUT2D eigenvalue weighted by atomic mass is 9.94. The average molecular weight is 350 g/mol. The number of phenolic OH excluding ortho intramolecular Hbond substituents is 1. The van der Waals surface area contributed by atoms with Crippen LogP contribution in [-0.2, 0) is 11.2 Å². The Kier molecular flexibility index (Phi) is 3.93. The largest absolute Gasteiger partial charge is 0.506 e. The molecule has 0 amide bonds. The lowest BCUT2D eigenvalue weighted by molar-refractivity contribution is -0.143. The maximum atomic E-state index is 11.7. The van der Waals surface area contributed by atoms with Crippen molar-refractivity contribution in [1.82, 2.24) is 19.4 Å². The Morgan fingerprint density at radius 1 is 1.15 bits per heavy atom. The summed E-state index contributed by atoms with van der Waals surface area (Å²) >= 11 is 0. The van der Waals surface area contributed by atoms with E-state index in [0.717, 1.165) is 11.4 Å². The highest BCUT2D eigenvalue weighted by molar-refractivity contribution is 5.74. The van der Waals surface area contributed by atoms with Crippen molar-refractivity contribution in [3.8, 4) is 11.4 Å². The third kappa shape index (κ3) is 2.53. The fraction of sp³-hybridized carbons (Fsp3) is 0.211. The molecule has 0 fully saturated rings. The lowest BCUT2D eigenvalue weighted by Crippen LogP contribution is -2.47. The molecule has 0 unspecified atom stereocenters. The molecular formula is C19H18N4O3. The van der Waals surface area contributed by atoms with Crippen molar-refractivity contribution in [3.63, 3.8) is 0 Å². The number of hydrogen-bond acceptors (Lipinski definition) is 5. The summed E-state index contributed by atoms with van der Waals surface area (Å²) in [5.74, 6) is -0.758. The minimum atomic E-state index is -0.892. The molecule has 1 aliphatic rings. The summed E-state index contributed by atoms with van der Waals surface area (Å²) in [6, 6.07) is 11.5. The zero-order valence-electron chi connectivity index (χ0n) is 14.1. The van der Waals surface area contributed by atoms with Gasteiger partial charge in [-0.1, -0.05) is 18.2 Å². The lowest BCUT2D eigenvalue weighted by Gasteiger charge is -2.37. The number of fused-ring (bicyclic) bond motifs is 1. The Labute approximate surface area is 150 Å².